The summed E-state index contributed by atoms with van der Waals surface area (Å²) in [5, 5.41) is 12.8. The highest BCUT2D eigenvalue weighted by Crippen LogP contribution is 2.12. The number of benzene rings is 1. The normalized spacial score (nSPS) is 12.1. The second kappa shape index (κ2) is 10.1. The number of aliphatic hydroxyl groups is 1. The molecule has 0 heterocycles. The van der Waals surface area contributed by atoms with Gasteiger partial charge >= 0.3 is 0 Å². The van der Waals surface area contributed by atoms with Crippen molar-refractivity contribution >= 4 is 5.91 Å². The number of rotatable bonds is 11. The SMILES string of the molecule is CCc1ccc(OCC(O)CNCCOCC(N)=O)cc1. The summed E-state index contributed by atoms with van der Waals surface area (Å²) in [4.78, 5) is 10.4. The highest BCUT2D eigenvalue weighted by Gasteiger charge is 2.05. The zero-order valence-electron chi connectivity index (χ0n) is 12.4. The zero-order valence-corrected chi connectivity index (χ0v) is 12.4. The molecule has 0 saturated carbocycles. The van der Waals surface area contributed by atoms with Crippen LogP contribution in [0.25, 0.3) is 0 Å². The molecule has 0 bridgehead atoms. The monoisotopic (exact) mass is 296 g/mol. The minimum atomic E-state index is -0.605. The third kappa shape index (κ3) is 8.29. The van der Waals surface area contributed by atoms with E-state index >= 15 is 0 Å². The average Bonchev–Trinajstić information content (AvgIpc) is 2.49. The largest absolute Gasteiger partial charge is 0.491 e. The molecular formula is C15H24N2O4. The first-order valence-corrected chi connectivity index (χ1v) is 7.08. The highest BCUT2D eigenvalue weighted by atomic mass is 16.5. The van der Waals surface area contributed by atoms with E-state index in [0.29, 0.717) is 19.7 Å². The number of ether oxygens (including phenoxy) is 2. The Morgan fingerprint density at radius 3 is 2.71 bits per heavy atom. The fraction of sp³-hybridized carbons (Fsp3) is 0.533. The first kappa shape index (κ1) is 17.4. The van der Waals surface area contributed by atoms with Gasteiger partial charge in [-0.1, -0.05) is 19.1 Å². The molecule has 118 valence electrons. The Morgan fingerprint density at radius 2 is 2.10 bits per heavy atom. The number of nitrogens with one attached hydrogen (secondary N) is 1. The first-order chi connectivity index (χ1) is 10.1. The molecule has 0 aliphatic carbocycles. The van der Waals surface area contributed by atoms with Gasteiger partial charge in [0.15, 0.2) is 0 Å². The summed E-state index contributed by atoms with van der Waals surface area (Å²) in [6.07, 6.45) is 0.386. The average molecular weight is 296 g/mol. The van der Waals surface area contributed by atoms with E-state index in [1.165, 1.54) is 5.56 Å². The van der Waals surface area contributed by atoms with Crippen molar-refractivity contribution < 1.29 is 19.4 Å². The molecule has 0 radical (unpaired) electrons. The summed E-state index contributed by atoms with van der Waals surface area (Å²) < 4.78 is 10.5. The molecule has 1 aromatic rings. The van der Waals surface area contributed by atoms with E-state index in [1.54, 1.807) is 0 Å². The van der Waals surface area contributed by atoms with Crippen molar-refractivity contribution in [3.63, 3.8) is 0 Å². The molecule has 1 amide bonds. The molecule has 1 rings (SSSR count). The van der Waals surface area contributed by atoms with E-state index in [2.05, 4.69) is 12.2 Å². The van der Waals surface area contributed by atoms with Crippen LogP contribution < -0.4 is 15.8 Å². The number of hydrogen-bond donors (Lipinski definition) is 3. The van der Waals surface area contributed by atoms with Gasteiger partial charge in [0.2, 0.25) is 5.91 Å². The summed E-state index contributed by atoms with van der Waals surface area (Å²) in [5.41, 5.74) is 6.18. The van der Waals surface area contributed by atoms with Crippen LogP contribution >= 0.6 is 0 Å². The Kier molecular flexibility index (Phi) is 8.42. The Hall–Kier alpha value is -1.63. The smallest absolute Gasteiger partial charge is 0.243 e. The summed E-state index contributed by atoms with van der Waals surface area (Å²) in [6, 6.07) is 7.82. The van der Waals surface area contributed by atoms with Crippen molar-refractivity contribution in [1.29, 1.82) is 0 Å². The summed E-state index contributed by atoms with van der Waals surface area (Å²) in [6.45, 7) is 3.54. The molecule has 6 heteroatoms. The van der Waals surface area contributed by atoms with Crippen molar-refractivity contribution in [3.8, 4) is 5.75 Å². The lowest BCUT2D eigenvalue weighted by atomic mass is 10.2. The second-order valence-corrected chi connectivity index (χ2v) is 4.69. The van der Waals surface area contributed by atoms with Gasteiger partial charge in [-0.3, -0.25) is 4.79 Å². The molecule has 1 aromatic carbocycles. The van der Waals surface area contributed by atoms with Gasteiger partial charge in [-0.15, -0.1) is 0 Å². The van der Waals surface area contributed by atoms with Crippen LogP contribution in [0.1, 0.15) is 12.5 Å². The topological polar surface area (TPSA) is 93.8 Å². The number of carbonyl (C=O) groups is 1. The number of aryl methyl sites for hydroxylation is 1. The van der Waals surface area contributed by atoms with Crippen LogP contribution in [0.5, 0.6) is 5.75 Å². The molecule has 1 atom stereocenters. The van der Waals surface area contributed by atoms with Gasteiger partial charge in [0, 0.05) is 13.1 Å². The number of carbonyl (C=O) groups excluding carboxylic acids is 1. The molecular weight excluding hydrogens is 272 g/mol. The molecule has 6 nitrogen and oxygen atoms in total. The van der Waals surface area contributed by atoms with Crippen LogP contribution in [-0.2, 0) is 16.0 Å². The van der Waals surface area contributed by atoms with E-state index in [4.69, 9.17) is 15.2 Å². The maximum Gasteiger partial charge on any atom is 0.243 e. The van der Waals surface area contributed by atoms with Gasteiger partial charge in [-0.2, -0.15) is 0 Å². The molecule has 21 heavy (non-hydrogen) atoms. The van der Waals surface area contributed by atoms with Crippen LogP contribution in [0.4, 0.5) is 0 Å². The molecule has 0 fully saturated rings. The Labute approximate surface area is 125 Å². The fourth-order valence-electron chi connectivity index (χ4n) is 1.66. The fourth-order valence-corrected chi connectivity index (χ4v) is 1.66. The standard InChI is InChI=1S/C15H24N2O4/c1-2-12-3-5-14(6-4-12)21-10-13(18)9-17-7-8-20-11-15(16)19/h3-6,13,17-18H,2,7-11H2,1H3,(H2,16,19). The molecule has 0 spiro atoms. The van der Waals surface area contributed by atoms with Crippen molar-refractivity contribution in [1.82, 2.24) is 5.32 Å². The number of primary amides is 1. The number of amides is 1. The van der Waals surface area contributed by atoms with E-state index in [1.807, 2.05) is 24.3 Å². The van der Waals surface area contributed by atoms with Crippen LogP contribution in [0, 0.1) is 0 Å². The van der Waals surface area contributed by atoms with Crippen LogP contribution in [0.2, 0.25) is 0 Å². The molecule has 4 N–H and O–H groups in total. The number of nitrogens with two attached hydrogens (primary N) is 1. The van der Waals surface area contributed by atoms with Crippen molar-refractivity contribution in [2.75, 3.05) is 32.9 Å². The number of aliphatic hydroxyl groups excluding tert-OH is 1. The van der Waals surface area contributed by atoms with Crippen LogP contribution in [0.15, 0.2) is 24.3 Å². The lowest BCUT2D eigenvalue weighted by Gasteiger charge is -2.13. The van der Waals surface area contributed by atoms with E-state index in [-0.39, 0.29) is 13.2 Å². The molecule has 0 aliphatic heterocycles. The van der Waals surface area contributed by atoms with E-state index < -0.39 is 12.0 Å². The van der Waals surface area contributed by atoms with Gasteiger partial charge in [0.25, 0.3) is 0 Å². The first-order valence-electron chi connectivity index (χ1n) is 7.08. The quantitative estimate of drug-likeness (QED) is 0.503. The third-order valence-electron chi connectivity index (χ3n) is 2.82. The molecule has 1 unspecified atom stereocenters. The minimum absolute atomic E-state index is 0.0822. The van der Waals surface area contributed by atoms with Crippen molar-refractivity contribution in [2.45, 2.75) is 19.4 Å². The van der Waals surface area contributed by atoms with Gasteiger partial charge in [0.1, 0.15) is 25.1 Å². The Balaban J connectivity index is 2.07. The van der Waals surface area contributed by atoms with Crippen molar-refractivity contribution in [3.05, 3.63) is 29.8 Å². The van der Waals surface area contributed by atoms with E-state index in [0.717, 1.165) is 12.2 Å². The van der Waals surface area contributed by atoms with Crippen LogP contribution in [-0.4, -0.2) is 50.0 Å². The lowest BCUT2D eigenvalue weighted by Crippen LogP contribution is -2.33. The zero-order chi connectivity index (χ0) is 15.5. The van der Waals surface area contributed by atoms with Crippen molar-refractivity contribution in [2.24, 2.45) is 5.73 Å². The Bertz CT molecular complexity index is 409. The molecule has 0 saturated heterocycles. The van der Waals surface area contributed by atoms with Gasteiger partial charge in [-0.05, 0) is 24.1 Å². The minimum Gasteiger partial charge on any atom is -0.491 e. The van der Waals surface area contributed by atoms with E-state index in [9.17, 15) is 9.90 Å². The second-order valence-electron chi connectivity index (χ2n) is 4.69. The summed E-state index contributed by atoms with van der Waals surface area (Å²) in [7, 11) is 0. The predicted octanol–water partition coefficient (Wildman–Crippen LogP) is 0.0802. The number of hydrogen-bond acceptors (Lipinski definition) is 5. The molecule has 0 aliphatic rings. The van der Waals surface area contributed by atoms with Gasteiger partial charge < -0.3 is 25.6 Å². The Morgan fingerprint density at radius 1 is 1.38 bits per heavy atom. The third-order valence-corrected chi connectivity index (χ3v) is 2.82. The van der Waals surface area contributed by atoms with Gasteiger partial charge in [0.05, 0.1) is 6.61 Å². The lowest BCUT2D eigenvalue weighted by molar-refractivity contribution is -0.122. The summed E-state index contributed by atoms with van der Waals surface area (Å²) in [5.74, 6) is 0.258. The summed E-state index contributed by atoms with van der Waals surface area (Å²) >= 11 is 0. The predicted molar refractivity (Wildman–Crippen MR) is 80.2 cm³/mol. The molecule has 0 aromatic heterocycles. The highest BCUT2D eigenvalue weighted by molar-refractivity contribution is 5.74. The van der Waals surface area contributed by atoms with Gasteiger partial charge in [-0.25, -0.2) is 0 Å². The maximum absolute atomic E-state index is 10.4. The maximum atomic E-state index is 10.4. The van der Waals surface area contributed by atoms with Crippen LogP contribution in [0.3, 0.4) is 0 Å².